The molecule has 1 atom stereocenters. The van der Waals surface area contributed by atoms with Crippen LogP contribution in [0.4, 0.5) is 13.2 Å². The molecule has 1 unspecified atom stereocenters. The molecule has 0 amide bonds. The number of rotatable bonds is 5. The summed E-state index contributed by atoms with van der Waals surface area (Å²) in [5.41, 5.74) is 0.957. The summed E-state index contributed by atoms with van der Waals surface area (Å²) in [6.07, 6.45) is 0. The second kappa shape index (κ2) is 6.63. The highest BCUT2D eigenvalue weighted by Crippen LogP contribution is 2.23. The van der Waals surface area contributed by atoms with Gasteiger partial charge in [-0.25, -0.2) is 13.2 Å². The summed E-state index contributed by atoms with van der Waals surface area (Å²) >= 11 is 0. The normalized spacial score (nSPS) is 12.2. The molecule has 0 bridgehead atoms. The number of nitrogens with one attached hydrogen (secondary N) is 1. The van der Waals surface area contributed by atoms with E-state index in [1.54, 1.807) is 13.1 Å². The summed E-state index contributed by atoms with van der Waals surface area (Å²) in [6, 6.07) is 7.81. The molecule has 0 heterocycles. The molecular formula is C16H16F3NO. The van der Waals surface area contributed by atoms with Crippen LogP contribution in [0.3, 0.4) is 0 Å². The van der Waals surface area contributed by atoms with Crippen molar-refractivity contribution in [1.29, 1.82) is 0 Å². The molecule has 2 aromatic carbocycles. The van der Waals surface area contributed by atoms with E-state index in [-0.39, 0.29) is 24.0 Å². The van der Waals surface area contributed by atoms with E-state index in [2.05, 4.69) is 5.32 Å². The highest BCUT2D eigenvalue weighted by atomic mass is 19.1. The van der Waals surface area contributed by atoms with Gasteiger partial charge in [-0.2, -0.15) is 0 Å². The predicted octanol–water partition coefficient (Wildman–Crippen LogP) is 3.96. The van der Waals surface area contributed by atoms with Gasteiger partial charge in [-0.15, -0.1) is 0 Å². The zero-order valence-electron chi connectivity index (χ0n) is 11.8. The molecule has 2 nitrogen and oxygen atoms in total. The van der Waals surface area contributed by atoms with Crippen molar-refractivity contribution < 1.29 is 17.9 Å². The van der Waals surface area contributed by atoms with Crippen LogP contribution >= 0.6 is 0 Å². The van der Waals surface area contributed by atoms with Crippen LogP contribution in [0.2, 0.25) is 0 Å². The van der Waals surface area contributed by atoms with Gasteiger partial charge in [0.05, 0.1) is 0 Å². The van der Waals surface area contributed by atoms with Crippen LogP contribution in [0.5, 0.6) is 5.75 Å². The molecule has 0 aromatic heterocycles. The first-order valence-corrected chi connectivity index (χ1v) is 6.54. The number of hydrogen-bond donors (Lipinski definition) is 1. The molecule has 112 valence electrons. The molecule has 0 aliphatic carbocycles. The molecule has 0 aliphatic rings. The Bertz CT molecular complexity index is 631. The smallest absolute Gasteiger partial charge is 0.165 e. The van der Waals surface area contributed by atoms with Crippen molar-refractivity contribution in [2.45, 2.75) is 19.6 Å². The van der Waals surface area contributed by atoms with Crippen LogP contribution in [0.25, 0.3) is 0 Å². The first kappa shape index (κ1) is 15.4. The van der Waals surface area contributed by atoms with E-state index in [0.29, 0.717) is 0 Å². The number of ether oxygens (including phenoxy) is 1. The van der Waals surface area contributed by atoms with E-state index in [0.717, 1.165) is 17.7 Å². The van der Waals surface area contributed by atoms with Crippen molar-refractivity contribution in [3.05, 3.63) is 65.0 Å². The summed E-state index contributed by atoms with van der Waals surface area (Å²) in [6.45, 7) is 1.74. The lowest BCUT2D eigenvalue weighted by Gasteiger charge is -2.13. The fraction of sp³-hybridized carbons (Fsp3) is 0.250. The Hall–Kier alpha value is -2.01. The molecule has 0 spiro atoms. The van der Waals surface area contributed by atoms with Crippen LogP contribution in [0, 0.1) is 17.5 Å². The maximum atomic E-state index is 13.9. The van der Waals surface area contributed by atoms with E-state index < -0.39 is 17.5 Å². The minimum absolute atomic E-state index is 0.0168. The van der Waals surface area contributed by atoms with Gasteiger partial charge in [0.25, 0.3) is 0 Å². The molecule has 0 saturated carbocycles. The van der Waals surface area contributed by atoms with Gasteiger partial charge < -0.3 is 10.1 Å². The second-order valence-corrected chi connectivity index (χ2v) is 4.72. The lowest BCUT2D eigenvalue weighted by atomic mass is 10.1. The van der Waals surface area contributed by atoms with E-state index >= 15 is 0 Å². The molecule has 0 fully saturated rings. The summed E-state index contributed by atoms with van der Waals surface area (Å²) < 4.78 is 45.4. The van der Waals surface area contributed by atoms with Crippen molar-refractivity contribution in [3.63, 3.8) is 0 Å². The van der Waals surface area contributed by atoms with Crippen LogP contribution in [0.1, 0.15) is 24.1 Å². The molecule has 0 radical (unpaired) electrons. The van der Waals surface area contributed by atoms with Crippen molar-refractivity contribution in [3.8, 4) is 5.75 Å². The highest BCUT2D eigenvalue weighted by Gasteiger charge is 2.10. The Morgan fingerprint density at radius 2 is 1.81 bits per heavy atom. The minimum Gasteiger partial charge on any atom is -0.486 e. The second-order valence-electron chi connectivity index (χ2n) is 4.72. The quantitative estimate of drug-likeness (QED) is 0.901. The molecule has 5 heteroatoms. The third-order valence-corrected chi connectivity index (χ3v) is 3.29. The Labute approximate surface area is 121 Å². The Morgan fingerprint density at radius 1 is 1.05 bits per heavy atom. The van der Waals surface area contributed by atoms with Crippen LogP contribution in [0.15, 0.2) is 36.4 Å². The molecule has 21 heavy (non-hydrogen) atoms. The lowest BCUT2D eigenvalue weighted by Crippen LogP contribution is -2.12. The number of benzene rings is 2. The molecule has 2 rings (SSSR count). The summed E-state index contributed by atoms with van der Waals surface area (Å²) in [5, 5.41) is 3.01. The largest absolute Gasteiger partial charge is 0.486 e. The fourth-order valence-corrected chi connectivity index (χ4v) is 1.86. The average Bonchev–Trinajstić information content (AvgIpc) is 2.46. The monoisotopic (exact) mass is 295 g/mol. The Morgan fingerprint density at radius 3 is 2.43 bits per heavy atom. The SMILES string of the molecule is CNC(C)c1ccc(OCc2ccc(F)cc2F)c(F)c1. The van der Waals surface area contributed by atoms with Gasteiger partial charge >= 0.3 is 0 Å². The van der Waals surface area contributed by atoms with Gasteiger partial charge in [-0.3, -0.25) is 0 Å². The van der Waals surface area contributed by atoms with Gasteiger partial charge in [-0.05, 0) is 43.8 Å². The van der Waals surface area contributed by atoms with Gasteiger partial charge in [0, 0.05) is 17.7 Å². The van der Waals surface area contributed by atoms with Crippen molar-refractivity contribution in [1.82, 2.24) is 5.32 Å². The third-order valence-electron chi connectivity index (χ3n) is 3.29. The Kier molecular flexibility index (Phi) is 4.85. The molecule has 1 N–H and O–H groups in total. The third kappa shape index (κ3) is 3.76. The molecule has 2 aromatic rings. The van der Waals surface area contributed by atoms with Crippen molar-refractivity contribution in [2.24, 2.45) is 0 Å². The summed E-state index contributed by atoms with van der Waals surface area (Å²) in [4.78, 5) is 0. The first-order chi connectivity index (χ1) is 10.0. The van der Waals surface area contributed by atoms with Crippen LogP contribution in [-0.2, 0) is 6.61 Å². The zero-order chi connectivity index (χ0) is 15.4. The van der Waals surface area contributed by atoms with E-state index in [9.17, 15) is 13.2 Å². The minimum atomic E-state index is -0.712. The van der Waals surface area contributed by atoms with Gasteiger partial charge in [0.15, 0.2) is 11.6 Å². The maximum Gasteiger partial charge on any atom is 0.165 e. The van der Waals surface area contributed by atoms with Crippen molar-refractivity contribution >= 4 is 0 Å². The van der Waals surface area contributed by atoms with Gasteiger partial charge in [0.1, 0.15) is 18.2 Å². The fourth-order valence-electron chi connectivity index (χ4n) is 1.86. The molecule has 0 aliphatic heterocycles. The average molecular weight is 295 g/mol. The van der Waals surface area contributed by atoms with Crippen LogP contribution < -0.4 is 10.1 Å². The standard InChI is InChI=1S/C16H16F3NO/c1-10(20-2)11-4-6-16(15(19)7-11)21-9-12-3-5-13(17)8-14(12)18/h3-8,10,20H,9H2,1-2H3. The van der Waals surface area contributed by atoms with Crippen LogP contribution in [-0.4, -0.2) is 7.05 Å². The highest BCUT2D eigenvalue weighted by molar-refractivity contribution is 5.31. The summed E-state index contributed by atoms with van der Waals surface area (Å²) in [5.74, 6) is -1.86. The maximum absolute atomic E-state index is 13.9. The van der Waals surface area contributed by atoms with E-state index in [4.69, 9.17) is 4.74 Å². The predicted molar refractivity (Wildman–Crippen MR) is 74.6 cm³/mol. The molecule has 0 saturated heterocycles. The number of halogens is 3. The van der Waals surface area contributed by atoms with Gasteiger partial charge in [0.2, 0.25) is 0 Å². The topological polar surface area (TPSA) is 21.3 Å². The first-order valence-electron chi connectivity index (χ1n) is 6.54. The number of hydrogen-bond acceptors (Lipinski definition) is 2. The lowest BCUT2D eigenvalue weighted by molar-refractivity contribution is 0.284. The van der Waals surface area contributed by atoms with Gasteiger partial charge in [-0.1, -0.05) is 6.07 Å². The zero-order valence-corrected chi connectivity index (χ0v) is 11.8. The summed E-state index contributed by atoms with van der Waals surface area (Å²) in [7, 11) is 1.78. The molecular weight excluding hydrogens is 279 g/mol. The van der Waals surface area contributed by atoms with E-state index in [1.807, 2.05) is 6.92 Å². The van der Waals surface area contributed by atoms with Crippen molar-refractivity contribution in [2.75, 3.05) is 7.05 Å². The Balaban J connectivity index is 2.10. The van der Waals surface area contributed by atoms with E-state index in [1.165, 1.54) is 18.2 Å².